The van der Waals surface area contributed by atoms with Gasteiger partial charge >= 0.3 is 5.97 Å². The van der Waals surface area contributed by atoms with Crippen molar-refractivity contribution in [1.29, 1.82) is 0 Å². The van der Waals surface area contributed by atoms with E-state index in [2.05, 4.69) is 20.5 Å². The first-order chi connectivity index (χ1) is 18.5. The molecule has 0 fully saturated rings. The molecule has 0 unspecified atom stereocenters. The van der Waals surface area contributed by atoms with Gasteiger partial charge in [-0.3, -0.25) is 9.59 Å². The minimum atomic E-state index is -0.333. The van der Waals surface area contributed by atoms with Crippen molar-refractivity contribution in [2.24, 2.45) is 0 Å². The van der Waals surface area contributed by atoms with Crippen LogP contribution in [0.4, 0.5) is 5.13 Å². The van der Waals surface area contributed by atoms with Gasteiger partial charge in [0.25, 0.3) is 0 Å². The van der Waals surface area contributed by atoms with Crippen LogP contribution in [0.1, 0.15) is 11.8 Å². The summed E-state index contributed by atoms with van der Waals surface area (Å²) in [6.45, 7) is 2.07. The Kier molecular flexibility index (Phi) is 9.22. The van der Waals surface area contributed by atoms with Crippen molar-refractivity contribution in [3.63, 3.8) is 0 Å². The molecule has 0 bridgehead atoms. The van der Waals surface area contributed by atoms with Gasteiger partial charge in [0.15, 0.2) is 5.13 Å². The molecule has 2 heterocycles. The third kappa shape index (κ3) is 7.05. The van der Waals surface area contributed by atoms with Gasteiger partial charge in [-0.15, -0.1) is 21.5 Å². The highest BCUT2D eigenvalue weighted by atomic mass is 32.2. The number of ether oxygens (including phenoxy) is 3. The van der Waals surface area contributed by atoms with Gasteiger partial charge in [-0.1, -0.05) is 11.8 Å². The highest BCUT2D eigenvalue weighted by Gasteiger charge is 2.16. The van der Waals surface area contributed by atoms with Crippen LogP contribution in [-0.4, -0.2) is 58.6 Å². The molecule has 1 N–H and O–H groups in total. The summed E-state index contributed by atoms with van der Waals surface area (Å²) in [5.74, 6) is 0.895. The molecule has 4 aromatic rings. The van der Waals surface area contributed by atoms with E-state index in [0.717, 1.165) is 34.4 Å². The lowest BCUT2D eigenvalue weighted by Gasteiger charge is -2.10. The molecule has 10 nitrogen and oxygen atoms in total. The van der Waals surface area contributed by atoms with Crippen molar-refractivity contribution in [3.05, 3.63) is 59.6 Å². The monoisotopic (exact) mass is 551 g/mol. The van der Waals surface area contributed by atoms with Crippen molar-refractivity contribution in [3.8, 4) is 34.0 Å². The first kappa shape index (κ1) is 27.0. The van der Waals surface area contributed by atoms with Crippen LogP contribution in [0.3, 0.4) is 0 Å². The van der Waals surface area contributed by atoms with Gasteiger partial charge in [-0.05, 0) is 55.5 Å². The zero-order valence-corrected chi connectivity index (χ0v) is 22.6. The van der Waals surface area contributed by atoms with E-state index in [4.69, 9.17) is 19.2 Å². The number of anilines is 1. The molecule has 0 atom stereocenters. The summed E-state index contributed by atoms with van der Waals surface area (Å²) in [7, 11) is 3.22. The molecular formula is C26H25N5O5S2. The molecule has 12 heteroatoms. The molecule has 0 aliphatic carbocycles. The molecule has 1 amide bonds. The number of rotatable bonds is 11. The second-order valence-electron chi connectivity index (χ2n) is 7.70. The lowest BCUT2D eigenvalue weighted by Crippen LogP contribution is -2.14. The van der Waals surface area contributed by atoms with Crippen LogP contribution in [0, 0.1) is 0 Å². The Bertz CT molecular complexity index is 1390. The minimum Gasteiger partial charge on any atom is -0.497 e. The van der Waals surface area contributed by atoms with Gasteiger partial charge in [-0.2, -0.15) is 0 Å². The number of nitrogens with zero attached hydrogens (tertiary/aromatic N) is 4. The second kappa shape index (κ2) is 13.0. The predicted molar refractivity (Wildman–Crippen MR) is 146 cm³/mol. The number of aromatic nitrogens is 4. The number of thiazole rings is 1. The Morgan fingerprint density at radius 2 is 1.55 bits per heavy atom. The fourth-order valence-electron chi connectivity index (χ4n) is 3.35. The van der Waals surface area contributed by atoms with Gasteiger partial charge in [0.2, 0.25) is 11.1 Å². The average Bonchev–Trinajstić information content (AvgIpc) is 3.38. The minimum absolute atomic E-state index is 0.0540. The van der Waals surface area contributed by atoms with Crippen molar-refractivity contribution in [2.75, 3.05) is 31.9 Å². The summed E-state index contributed by atoms with van der Waals surface area (Å²) >= 11 is 2.39. The summed E-state index contributed by atoms with van der Waals surface area (Å²) in [5.41, 5.74) is 2.88. The van der Waals surface area contributed by atoms with Gasteiger partial charge in [-0.25, -0.2) is 9.97 Å². The number of hydrogen-bond acceptors (Lipinski definition) is 11. The molecule has 0 spiro atoms. The molecule has 2 aromatic heterocycles. The van der Waals surface area contributed by atoms with Crippen molar-refractivity contribution in [2.45, 2.75) is 18.5 Å². The number of carbonyl (C=O) groups is 2. The molecule has 0 radical (unpaired) electrons. The van der Waals surface area contributed by atoms with E-state index in [0.29, 0.717) is 33.2 Å². The number of nitrogens with one attached hydrogen (secondary N) is 1. The average molecular weight is 552 g/mol. The lowest BCUT2D eigenvalue weighted by atomic mass is 10.0. The van der Waals surface area contributed by atoms with E-state index >= 15 is 0 Å². The summed E-state index contributed by atoms with van der Waals surface area (Å²) in [5, 5.41) is 12.2. The summed E-state index contributed by atoms with van der Waals surface area (Å²) in [6, 6.07) is 15.0. The zero-order chi connectivity index (χ0) is 26.9. The SMILES string of the molecule is CCOC(=O)Cc1cnc(NC(=O)CSc2nnc(-c3ccc(OC)cc3)c(-c3ccc(OC)cc3)n2)s1. The third-order valence-corrected chi connectivity index (χ3v) is 6.90. The molecule has 2 aromatic carbocycles. The molecule has 0 aliphatic rings. The maximum absolute atomic E-state index is 12.5. The van der Waals surface area contributed by atoms with Crippen LogP contribution >= 0.6 is 23.1 Å². The molecule has 4 rings (SSSR count). The van der Waals surface area contributed by atoms with E-state index < -0.39 is 0 Å². The van der Waals surface area contributed by atoms with Crippen molar-refractivity contribution >= 4 is 40.1 Å². The number of hydrogen-bond donors (Lipinski definition) is 1. The number of esters is 1. The van der Waals surface area contributed by atoms with Crippen LogP contribution < -0.4 is 14.8 Å². The standard InChI is InChI=1S/C26H25N5O5S2/c1-4-36-22(33)13-20-14-27-25(38-20)28-21(32)15-37-26-29-23(16-5-9-18(34-2)10-6-16)24(30-31-26)17-7-11-19(35-3)12-8-17/h5-12,14H,4,13,15H2,1-3H3,(H,27,28,32). The normalized spacial score (nSPS) is 10.6. The summed E-state index contributed by atoms with van der Waals surface area (Å²) in [4.78, 5) is 33.8. The Morgan fingerprint density at radius 1 is 0.921 bits per heavy atom. The lowest BCUT2D eigenvalue weighted by molar-refractivity contribution is -0.142. The number of amides is 1. The number of thioether (sulfide) groups is 1. The quantitative estimate of drug-likeness (QED) is 0.210. The molecular weight excluding hydrogens is 526 g/mol. The molecule has 0 saturated carbocycles. The first-order valence-corrected chi connectivity index (χ1v) is 13.4. The molecule has 38 heavy (non-hydrogen) atoms. The Balaban J connectivity index is 1.48. The van der Waals surface area contributed by atoms with Gasteiger partial charge in [0.05, 0.1) is 33.0 Å². The Labute approximate surface area is 227 Å². The smallest absolute Gasteiger partial charge is 0.311 e. The Hall–Kier alpha value is -4.03. The third-order valence-electron chi connectivity index (χ3n) is 5.15. The fraction of sp³-hybridized carbons (Fsp3) is 0.231. The highest BCUT2D eigenvalue weighted by Crippen LogP contribution is 2.32. The van der Waals surface area contributed by atoms with Crippen LogP contribution in [0.5, 0.6) is 11.5 Å². The first-order valence-electron chi connectivity index (χ1n) is 11.6. The van der Waals surface area contributed by atoms with E-state index in [9.17, 15) is 9.59 Å². The van der Waals surface area contributed by atoms with Gasteiger partial charge < -0.3 is 19.5 Å². The number of benzene rings is 2. The molecule has 196 valence electrons. The van der Waals surface area contributed by atoms with E-state index in [1.165, 1.54) is 11.3 Å². The van der Waals surface area contributed by atoms with E-state index in [1.54, 1.807) is 27.3 Å². The second-order valence-corrected chi connectivity index (χ2v) is 9.76. The Morgan fingerprint density at radius 3 is 2.16 bits per heavy atom. The molecule has 0 saturated heterocycles. The molecule has 0 aliphatic heterocycles. The fourth-order valence-corrected chi connectivity index (χ4v) is 4.75. The zero-order valence-electron chi connectivity index (χ0n) is 21.0. The van der Waals surface area contributed by atoms with E-state index in [-0.39, 0.29) is 24.1 Å². The number of carbonyl (C=O) groups excluding carboxylic acids is 2. The predicted octanol–water partition coefficient (Wildman–Crippen LogP) is 4.52. The van der Waals surface area contributed by atoms with Gasteiger partial charge in [0.1, 0.15) is 22.9 Å². The number of methoxy groups -OCH3 is 2. The van der Waals surface area contributed by atoms with E-state index in [1.807, 2.05) is 48.5 Å². The largest absolute Gasteiger partial charge is 0.497 e. The summed E-state index contributed by atoms with van der Waals surface area (Å²) in [6.07, 6.45) is 1.67. The van der Waals surface area contributed by atoms with Crippen molar-refractivity contribution in [1.82, 2.24) is 20.2 Å². The maximum atomic E-state index is 12.5. The van der Waals surface area contributed by atoms with Crippen molar-refractivity contribution < 1.29 is 23.8 Å². The van der Waals surface area contributed by atoms with Gasteiger partial charge in [0, 0.05) is 22.2 Å². The van der Waals surface area contributed by atoms with Crippen LogP contribution in [-0.2, 0) is 20.7 Å². The summed E-state index contributed by atoms with van der Waals surface area (Å²) < 4.78 is 15.5. The highest BCUT2D eigenvalue weighted by molar-refractivity contribution is 7.99. The van der Waals surface area contributed by atoms with Crippen LogP contribution in [0.25, 0.3) is 22.5 Å². The van der Waals surface area contributed by atoms with Crippen LogP contribution in [0.2, 0.25) is 0 Å². The maximum Gasteiger partial charge on any atom is 0.311 e. The van der Waals surface area contributed by atoms with Crippen LogP contribution in [0.15, 0.2) is 59.9 Å². The topological polar surface area (TPSA) is 125 Å².